The molecule has 12 heavy (non-hydrogen) atoms. The molecule has 0 bridgehead atoms. The van der Waals surface area contributed by atoms with Crippen molar-refractivity contribution in [1.82, 2.24) is 4.90 Å². The predicted molar refractivity (Wildman–Crippen MR) is 53.2 cm³/mol. The first kappa shape index (κ1) is 10.0. The van der Waals surface area contributed by atoms with Gasteiger partial charge in [0.2, 0.25) is 0 Å². The van der Waals surface area contributed by atoms with Gasteiger partial charge in [-0.15, -0.1) is 0 Å². The van der Waals surface area contributed by atoms with E-state index in [2.05, 4.69) is 18.7 Å². The van der Waals surface area contributed by atoms with Crippen LogP contribution in [0.2, 0.25) is 0 Å². The van der Waals surface area contributed by atoms with E-state index in [1.165, 1.54) is 32.2 Å². The van der Waals surface area contributed by atoms with Crippen LogP contribution in [0.4, 0.5) is 0 Å². The summed E-state index contributed by atoms with van der Waals surface area (Å²) < 4.78 is 0. The number of rotatable bonds is 3. The lowest BCUT2D eigenvalue weighted by molar-refractivity contribution is 0.138. The van der Waals surface area contributed by atoms with Crippen LogP contribution in [0.1, 0.15) is 39.5 Å². The molecule has 1 aliphatic heterocycles. The lowest BCUT2D eigenvalue weighted by atomic mass is 9.99. The maximum Gasteiger partial charge on any atom is 0.0139 e. The molecule has 0 saturated carbocycles. The third-order valence-electron chi connectivity index (χ3n) is 2.74. The Morgan fingerprint density at radius 2 is 2.25 bits per heavy atom. The molecule has 2 atom stereocenters. The maximum atomic E-state index is 5.80. The Morgan fingerprint density at radius 3 is 2.83 bits per heavy atom. The SMILES string of the molecule is CCC1CCCCN1C[C@H](C)N. The van der Waals surface area contributed by atoms with Crippen molar-refractivity contribution >= 4 is 0 Å². The lowest BCUT2D eigenvalue weighted by Crippen LogP contribution is -2.44. The number of likely N-dealkylation sites (tertiary alicyclic amines) is 1. The summed E-state index contributed by atoms with van der Waals surface area (Å²) in [5.41, 5.74) is 5.80. The molecule has 0 aromatic heterocycles. The summed E-state index contributed by atoms with van der Waals surface area (Å²) in [6.07, 6.45) is 5.44. The Kier molecular flexibility index (Phi) is 4.02. The minimum Gasteiger partial charge on any atom is -0.327 e. The Bertz CT molecular complexity index is 123. The summed E-state index contributed by atoms with van der Waals surface area (Å²) >= 11 is 0. The molecule has 2 N–H and O–H groups in total. The molecule has 2 heteroatoms. The highest BCUT2D eigenvalue weighted by molar-refractivity contribution is 4.77. The normalized spacial score (nSPS) is 28.8. The fourth-order valence-corrected chi connectivity index (χ4v) is 2.13. The summed E-state index contributed by atoms with van der Waals surface area (Å²) in [6, 6.07) is 1.14. The fraction of sp³-hybridized carbons (Fsp3) is 1.00. The molecule has 1 saturated heterocycles. The molecule has 0 aromatic carbocycles. The number of nitrogens with zero attached hydrogens (tertiary/aromatic N) is 1. The molecular weight excluding hydrogens is 148 g/mol. The van der Waals surface area contributed by atoms with Crippen molar-refractivity contribution in [2.45, 2.75) is 51.6 Å². The topological polar surface area (TPSA) is 29.3 Å². The molecule has 0 radical (unpaired) electrons. The number of hydrogen-bond acceptors (Lipinski definition) is 2. The van der Waals surface area contributed by atoms with E-state index in [9.17, 15) is 0 Å². The van der Waals surface area contributed by atoms with E-state index in [-0.39, 0.29) is 0 Å². The van der Waals surface area contributed by atoms with E-state index < -0.39 is 0 Å². The van der Waals surface area contributed by atoms with Gasteiger partial charge in [0.1, 0.15) is 0 Å². The van der Waals surface area contributed by atoms with Gasteiger partial charge in [-0.25, -0.2) is 0 Å². The van der Waals surface area contributed by atoms with E-state index in [1.807, 2.05) is 0 Å². The van der Waals surface area contributed by atoms with Gasteiger partial charge in [-0.2, -0.15) is 0 Å². The van der Waals surface area contributed by atoms with Gasteiger partial charge in [0.15, 0.2) is 0 Å². The van der Waals surface area contributed by atoms with E-state index in [0.29, 0.717) is 6.04 Å². The Balaban J connectivity index is 2.36. The first-order chi connectivity index (χ1) is 5.74. The van der Waals surface area contributed by atoms with E-state index in [4.69, 9.17) is 5.73 Å². The van der Waals surface area contributed by atoms with Crippen LogP contribution in [0, 0.1) is 0 Å². The van der Waals surface area contributed by atoms with Crippen molar-refractivity contribution in [3.63, 3.8) is 0 Å². The molecule has 1 fully saturated rings. The highest BCUT2D eigenvalue weighted by Gasteiger charge is 2.20. The molecule has 1 rings (SSSR count). The minimum atomic E-state index is 0.331. The van der Waals surface area contributed by atoms with Crippen molar-refractivity contribution < 1.29 is 0 Å². The first-order valence-electron chi connectivity index (χ1n) is 5.23. The summed E-state index contributed by atoms with van der Waals surface area (Å²) in [7, 11) is 0. The average Bonchev–Trinajstić information content (AvgIpc) is 2.04. The van der Waals surface area contributed by atoms with Crippen molar-refractivity contribution in [3.05, 3.63) is 0 Å². The van der Waals surface area contributed by atoms with Crippen LogP contribution in [-0.4, -0.2) is 30.1 Å². The van der Waals surface area contributed by atoms with Gasteiger partial charge in [-0.1, -0.05) is 13.3 Å². The van der Waals surface area contributed by atoms with Gasteiger partial charge in [-0.05, 0) is 32.7 Å². The summed E-state index contributed by atoms with van der Waals surface area (Å²) in [5.74, 6) is 0. The standard InChI is InChI=1S/C10H22N2/c1-3-10-6-4-5-7-12(10)8-9(2)11/h9-10H,3-8,11H2,1-2H3/t9-,10?/m0/s1. The van der Waals surface area contributed by atoms with Gasteiger partial charge in [0.25, 0.3) is 0 Å². The largest absolute Gasteiger partial charge is 0.327 e. The zero-order valence-electron chi connectivity index (χ0n) is 8.42. The molecule has 2 nitrogen and oxygen atoms in total. The van der Waals surface area contributed by atoms with Gasteiger partial charge in [0, 0.05) is 18.6 Å². The molecule has 1 unspecified atom stereocenters. The van der Waals surface area contributed by atoms with Crippen molar-refractivity contribution in [1.29, 1.82) is 0 Å². The maximum absolute atomic E-state index is 5.80. The zero-order valence-corrected chi connectivity index (χ0v) is 8.42. The Labute approximate surface area is 76.1 Å². The highest BCUT2D eigenvalue weighted by Crippen LogP contribution is 2.18. The number of nitrogens with two attached hydrogens (primary N) is 1. The van der Waals surface area contributed by atoms with Gasteiger partial charge in [0.05, 0.1) is 0 Å². The molecule has 1 aliphatic rings. The number of piperidine rings is 1. The zero-order chi connectivity index (χ0) is 8.97. The predicted octanol–water partition coefficient (Wildman–Crippen LogP) is 1.60. The van der Waals surface area contributed by atoms with Crippen molar-refractivity contribution in [3.8, 4) is 0 Å². The van der Waals surface area contributed by atoms with E-state index in [0.717, 1.165) is 12.6 Å². The minimum absolute atomic E-state index is 0.331. The third-order valence-corrected chi connectivity index (χ3v) is 2.74. The quantitative estimate of drug-likeness (QED) is 0.697. The molecule has 72 valence electrons. The van der Waals surface area contributed by atoms with Gasteiger partial charge < -0.3 is 5.73 Å². The van der Waals surface area contributed by atoms with Gasteiger partial charge >= 0.3 is 0 Å². The van der Waals surface area contributed by atoms with Crippen molar-refractivity contribution in [2.75, 3.05) is 13.1 Å². The summed E-state index contributed by atoms with van der Waals surface area (Å²) in [6.45, 7) is 6.73. The Hall–Kier alpha value is -0.0800. The second-order valence-electron chi connectivity index (χ2n) is 4.03. The van der Waals surface area contributed by atoms with Crippen molar-refractivity contribution in [2.24, 2.45) is 5.73 Å². The molecular formula is C10H22N2. The molecule has 0 spiro atoms. The van der Waals surface area contributed by atoms with Crippen LogP contribution < -0.4 is 5.73 Å². The lowest BCUT2D eigenvalue weighted by Gasteiger charge is -2.36. The van der Waals surface area contributed by atoms with Crippen LogP contribution >= 0.6 is 0 Å². The summed E-state index contributed by atoms with van der Waals surface area (Å²) in [4.78, 5) is 2.56. The van der Waals surface area contributed by atoms with Crippen LogP contribution in [0.25, 0.3) is 0 Å². The summed E-state index contributed by atoms with van der Waals surface area (Å²) in [5, 5.41) is 0. The van der Waals surface area contributed by atoms with Crippen LogP contribution in [0.3, 0.4) is 0 Å². The number of hydrogen-bond donors (Lipinski definition) is 1. The van der Waals surface area contributed by atoms with E-state index >= 15 is 0 Å². The van der Waals surface area contributed by atoms with E-state index in [1.54, 1.807) is 0 Å². The smallest absolute Gasteiger partial charge is 0.0139 e. The first-order valence-corrected chi connectivity index (χ1v) is 5.23. The molecule has 1 heterocycles. The average molecular weight is 170 g/mol. The van der Waals surface area contributed by atoms with Crippen LogP contribution in [0.5, 0.6) is 0 Å². The second-order valence-corrected chi connectivity index (χ2v) is 4.03. The highest BCUT2D eigenvalue weighted by atomic mass is 15.2. The molecule has 0 aromatic rings. The van der Waals surface area contributed by atoms with Crippen LogP contribution in [-0.2, 0) is 0 Å². The fourth-order valence-electron chi connectivity index (χ4n) is 2.13. The Morgan fingerprint density at radius 1 is 1.50 bits per heavy atom. The molecule has 0 amide bonds. The van der Waals surface area contributed by atoms with Gasteiger partial charge in [-0.3, -0.25) is 4.90 Å². The third kappa shape index (κ3) is 2.76. The van der Waals surface area contributed by atoms with Crippen LogP contribution in [0.15, 0.2) is 0 Å². The second kappa shape index (κ2) is 4.83. The monoisotopic (exact) mass is 170 g/mol. The molecule has 0 aliphatic carbocycles.